The number of aromatic hydroxyl groups is 2. The molecule has 0 spiro atoms. The van der Waals surface area contributed by atoms with Crippen molar-refractivity contribution in [1.29, 1.82) is 0 Å². The number of rotatable bonds is 2. The fourth-order valence-corrected chi connectivity index (χ4v) is 3.38. The molecule has 0 saturated carbocycles. The van der Waals surface area contributed by atoms with Crippen molar-refractivity contribution in [1.82, 2.24) is 9.55 Å². The average Bonchev–Trinajstić information content (AvgIpc) is 2.86. The fraction of sp³-hybridized carbons (Fsp3) is 0.105. The first-order valence-electron chi connectivity index (χ1n) is 7.84. The van der Waals surface area contributed by atoms with Gasteiger partial charge in [0.2, 0.25) is 23.3 Å². The van der Waals surface area contributed by atoms with Crippen molar-refractivity contribution >= 4 is 27.5 Å². The predicted octanol–water partition coefficient (Wildman–Crippen LogP) is 3.19. The van der Waals surface area contributed by atoms with Crippen molar-refractivity contribution in [3.63, 3.8) is 0 Å². The van der Waals surface area contributed by atoms with Gasteiger partial charge >= 0.3 is 0 Å². The molecule has 0 bridgehead atoms. The molecule has 2 aromatic heterocycles. The first kappa shape index (κ1) is 16.5. The van der Waals surface area contributed by atoms with E-state index in [2.05, 4.69) is 20.9 Å². The molecule has 0 unspecified atom stereocenters. The lowest BCUT2D eigenvalue weighted by Crippen LogP contribution is -2.21. The zero-order valence-electron chi connectivity index (χ0n) is 13.7. The lowest BCUT2D eigenvalue weighted by Gasteiger charge is -2.13. The second-order valence-corrected chi connectivity index (χ2v) is 7.03. The highest BCUT2D eigenvalue weighted by molar-refractivity contribution is 9.10. The lowest BCUT2D eigenvalue weighted by molar-refractivity contribution is 0.0972. The van der Waals surface area contributed by atoms with E-state index >= 15 is 0 Å². The van der Waals surface area contributed by atoms with Crippen LogP contribution < -0.4 is 0 Å². The van der Waals surface area contributed by atoms with E-state index in [9.17, 15) is 19.8 Å². The molecule has 0 atom stereocenters. The molecule has 4 rings (SSSR count). The van der Waals surface area contributed by atoms with Crippen LogP contribution in [-0.2, 0) is 6.54 Å². The highest BCUT2D eigenvalue weighted by Crippen LogP contribution is 2.40. The molecule has 0 fully saturated rings. The predicted molar refractivity (Wildman–Crippen MR) is 96.8 cm³/mol. The summed E-state index contributed by atoms with van der Waals surface area (Å²) in [5.74, 6) is -1.96. The van der Waals surface area contributed by atoms with Crippen LogP contribution in [0.1, 0.15) is 43.2 Å². The third-order valence-corrected chi connectivity index (χ3v) is 4.94. The van der Waals surface area contributed by atoms with Gasteiger partial charge in [-0.05, 0) is 36.8 Å². The van der Waals surface area contributed by atoms with Crippen molar-refractivity contribution < 1.29 is 19.8 Å². The van der Waals surface area contributed by atoms with Crippen LogP contribution in [0.15, 0.2) is 40.9 Å². The van der Waals surface area contributed by atoms with Gasteiger partial charge in [0.05, 0.1) is 17.7 Å². The Hall–Kier alpha value is -2.93. The Morgan fingerprint density at radius 1 is 0.962 bits per heavy atom. The second kappa shape index (κ2) is 5.81. The minimum Gasteiger partial charge on any atom is -0.494 e. The summed E-state index contributed by atoms with van der Waals surface area (Å²) in [7, 11) is 0. The van der Waals surface area contributed by atoms with Gasteiger partial charge in [-0.1, -0.05) is 28.1 Å². The van der Waals surface area contributed by atoms with Gasteiger partial charge in [-0.25, -0.2) is 4.98 Å². The SMILES string of the molecule is Cc1ccc2c(n1)C(=O)c1c(c(O)n(Cc3ccc(Br)cc3)c1O)C2=O. The molecule has 1 aromatic carbocycles. The molecule has 1 aliphatic rings. The highest BCUT2D eigenvalue weighted by Gasteiger charge is 2.39. The number of pyridine rings is 1. The van der Waals surface area contributed by atoms with Gasteiger partial charge in [0, 0.05) is 10.2 Å². The number of carbonyl (C=O) groups excluding carboxylic acids is 2. The minimum atomic E-state index is -0.569. The van der Waals surface area contributed by atoms with Gasteiger partial charge in [-0.3, -0.25) is 14.2 Å². The average molecular weight is 413 g/mol. The Bertz CT molecular complexity index is 1080. The van der Waals surface area contributed by atoms with E-state index < -0.39 is 23.3 Å². The second-order valence-electron chi connectivity index (χ2n) is 6.12. The smallest absolute Gasteiger partial charge is 0.218 e. The maximum Gasteiger partial charge on any atom is 0.218 e. The standard InChI is InChI=1S/C19H13BrN2O4/c1-9-2-7-12-15(21-9)17(24)14-13(16(12)23)18(25)22(19(14)26)8-10-3-5-11(20)6-4-10/h2-7,25-26H,8H2,1H3. The van der Waals surface area contributed by atoms with Crippen molar-refractivity contribution in [2.75, 3.05) is 0 Å². The van der Waals surface area contributed by atoms with Gasteiger partial charge in [0.25, 0.3) is 0 Å². The van der Waals surface area contributed by atoms with E-state index in [1.54, 1.807) is 13.0 Å². The van der Waals surface area contributed by atoms with E-state index in [0.717, 1.165) is 14.6 Å². The number of carbonyl (C=O) groups is 2. The summed E-state index contributed by atoms with van der Waals surface area (Å²) in [6.07, 6.45) is 0. The van der Waals surface area contributed by atoms with Gasteiger partial charge in [0.15, 0.2) is 0 Å². The number of hydrogen-bond donors (Lipinski definition) is 2. The summed E-state index contributed by atoms with van der Waals surface area (Å²) in [6.45, 7) is 1.82. The number of halogens is 1. The lowest BCUT2D eigenvalue weighted by atomic mass is 9.89. The van der Waals surface area contributed by atoms with Gasteiger partial charge in [0.1, 0.15) is 11.3 Å². The molecule has 6 nitrogen and oxygen atoms in total. The van der Waals surface area contributed by atoms with E-state index in [4.69, 9.17) is 0 Å². The van der Waals surface area contributed by atoms with Crippen molar-refractivity contribution in [2.24, 2.45) is 0 Å². The van der Waals surface area contributed by atoms with E-state index in [1.165, 1.54) is 6.07 Å². The van der Waals surface area contributed by atoms with Gasteiger partial charge in [-0.15, -0.1) is 0 Å². The Morgan fingerprint density at radius 2 is 1.58 bits per heavy atom. The van der Waals surface area contributed by atoms with Crippen LogP contribution in [-0.4, -0.2) is 31.3 Å². The third kappa shape index (κ3) is 2.35. The van der Waals surface area contributed by atoms with Crippen molar-refractivity contribution in [2.45, 2.75) is 13.5 Å². The molecule has 3 aromatic rings. The normalized spacial score (nSPS) is 12.8. The Kier molecular flexibility index (Phi) is 3.69. The molecule has 7 heteroatoms. The van der Waals surface area contributed by atoms with Crippen LogP contribution in [0, 0.1) is 6.92 Å². The molecule has 0 aliphatic heterocycles. The first-order chi connectivity index (χ1) is 12.4. The van der Waals surface area contributed by atoms with Crippen LogP contribution in [0.4, 0.5) is 0 Å². The van der Waals surface area contributed by atoms with E-state index in [1.807, 2.05) is 24.3 Å². The maximum absolute atomic E-state index is 12.8. The largest absolute Gasteiger partial charge is 0.494 e. The van der Waals surface area contributed by atoms with Crippen LogP contribution in [0.2, 0.25) is 0 Å². The number of hydrogen-bond acceptors (Lipinski definition) is 5. The van der Waals surface area contributed by atoms with Crippen LogP contribution in [0.25, 0.3) is 0 Å². The van der Waals surface area contributed by atoms with Gasteiger partial charge < -0.3 is 10.2 Å². The molecule has 2 heterocycles. The maximum atomic E-state index is 12.8. The zero-order chi connectivity index (χ0) is 18.6. The Labute approximate surface area is 156 Å². The fourth-order valence-electron chi connectivity index (χ4n) is 3.11. The van der Waals surface area contributed by atoms with Crippen molar-refractivity contribution in [3.05, 3.63) is 74.5 Å². The summed E-state index contributed by atoms with van der Waals surface area (Å²) in [5, 5.41) is 21.1. The quantitative estimate of drug-likeness (QED) is 0.527. The van der Waals surface area contributed by atoms with Gasteiger partial charge in [-0.2, -0.15) is 0 Å². The Balaban J connectivity index is 1.87. The number of aromatic nitrogens is 2. The number of nitrogens with zero attached hydrogens (tertiary/aromatic N) is 2. The number of benzene rings is 1. The summed E-state index contributed by atoms with van der Waals surface area (Å²) in [6, 6.07) is 10.4. The number of fused-ring (bicyclic) bond motifs is 2. The summed E-state index contributed by atoms with van der Waals surface area (Å²) in [5.41, 5.74) is 1.13. The van der Waals surface area contributed by atoms with E-state index in [-0.39, 0.29) is 28.9 Å². The molecule has 26 heavy (non-hydrogen) atoms. The Morgan fingerprint density at radius 3 is 2.23 bits per heavy atom. The summed E-state index contributed by atoms with van der Waals surface area (Å²) >= 11 is 3.34. The third-order valence-electron chi connectivity index (χ3n) is 4.41. The molecular formula is C19H13BrN2O4. The number of aryl methyl sites for hydroxylation is 1. The number of ketones is 2. The van der Waals surface area contributed by atoms with Crippen LogP contribution >= 0.6 is 15.9 Å². The molecule has 0 saturated heterocycles. The first-order valence-corrected chi connectivity index (χ1v) is 8.63. The molecule has 1 aliphatic carbocycles. The monoisotopic (exact) mass is 412 g/mol. The topological polar surface area (TPSA) is 92.4 Å². The molecular weight excluding hydrogens is 400 g/mol. The van der Waals surface area contributed by atoms with Crippen LogP contribution in [0.3, 0.4) is 0 Å². The van der Waals surface area contributed by atoms with E-state index in [0.29, 0.717) is 5.69 Å². The molecule has 0 amide bonds. The van der Waals surface area contributed by atoms with Crippen molar-refractivity contribution in [3.8, 4) is 11.8 Å². The highest BCUT2D eigenvalue weighted by atomic mass is 79.9. The zero-order valence-corrected chi connectivity index (χ0v) is 15.2. The molecule has 2 N–H and O–H groups in total. The summed E-state index contributed by atoms with van der Waals surface area (Å²) < 4.78 is 2.05. The molecule has 0 radical (unpaired) electrons. The molecule has 130 valence electrons. The minimum absolute atomic E-state index is 0.00130. The van der Waals surface area contributed by atoms with Crippen LogP contribution in [0.5, 0.6) is 11.8 Å². The summed E-state index contributed by atoms with van der Waals surface area (Å²) in [4.78, 5) is 29.7.